The van der Waals surface area contributed by atoms with E-state index in [0.717, 1.165) is 5.56 Å². The van der Waals surface area contributed by atoms with Crippen molar-refractivity contribution in [1.29, 1.82) is 0 Å². The average Bonchev–Trinajstić information content (AvgIpc) is 2.64. The van der Waals surface area contributed by atoms with Gasteiger partial charge in [-0.1, -0.05) is 47.0 Å². The molecule has 1 saturated carbocycles. The Labute approximate surface area is 183 Å². The predicted molar refractivity (Wildman–Crippen MR) is 113 cm³/mol. The van der Waals surface area contributed by atoms with E-state index >= 15 is 0 Å². The molecule has 0 radical (unpaired) electrons. The molecular weight excluding hydrogens is 455 g/mol. The Hall–Kier alpha value is -1.90. The van der Waals surface area contributed by atoms with E-state index in [-0.39, 0.29) is 40.3 Å². The Kier molecular flexibility index (Phi) is 5.23. The van der Waals surface area contributed by atoms with Crippen molar-refractivity contribution in [3.63, 3.8) is 0 Å². The first kappa shape index (κ1) is 21.3. The van der Waals surface area contributed by atoms with Gasteiger partial charge in [-0.25, -0.2) is 8.78 Å². The van der Waals surface area contributed by atoms with E-state index in [1.165, 1.54) is 12.1 Å². The van der Waals surface area contributed by atoms with Gasteiger partial charge in [-0.05, 0) is 37.6 Å². The van der Waals surface area contributed by atoms with Crippen LogP contribution in [0.4, 0.5) is 8.78 Å². The van der Waals surface area contributed by atoms with Gasteiger partial charge in [0.15, 0.2) is 5.84 Å². The fourth-order valence-electron chi connectivity index (χ4n) is 3.76. The highest BCUT2D eigenvalue weighted by atomic mass is 35.5. The SMILES string of the molecule is Cc1ccc(S(=O)(=O)N/N=C(\c2c(Cl)cccc2Cl)N2CC3(CCC3(F)F)C2)cc1. The number of benzene rings is 2. The van der Waals surface area contributed by atoms with Crippen molar-refractivity contribution < 1.29 is 17.2 Å². The van der Waals surface area contributed by atoms with Gasteiger partial charge in [0.1, 0.15) is 0 Å². The predicted octanol–water partition coefficient (Wildman–Crippen LogP) is 4.67. The number of amidine groups is 1. The molecule has 2 aromatic carbocycles. The third-order valence-electron chi connectivity index (χ3n) is 5.77. The topological polar surface area (TPSA) is 61.8 Å². The summed E-state index contributed by atoms with van der Waals surface area (Å²) in [7, 11) is -3.97. The molecule has 4 rings (SSSR count). The second-order valence-electron chi connectivity index (χ2n) is 7.78. The molecule has 5 nitrogen and oxygen atoms in total. The summed E-state index contributed by atoms with van der Waals surface area (Å²) in [4.78, 5) is 3.81. The molecule has 0 atom stereocenters. The van der Waals surface area contributed by atoms with Crippen molar-refractivity contribution >= 4 is 39.1 Å². The number of aryl methyl sites for hydroxylation is 1. The molecule has 0 amide bonds. The van der Waals surface area contributed by atoms with Gasteiger partial charge in [0.25, 0.3) is 15.9 Å². The van der Waals surface area contributed by atoms with Crippen LogP contribution in [0.15, 0.2) is 52.5 Å². The molecule has 0 bridgehead atoms. The summed E-state index contributed by atoms with van der Waals surface area (Å²) in [5, 5.41) is 4.57. The monoisotopic (exact) mass is 473 g/mol. The Bertz CT molecular complexity index is 1100. The third kappa shape index (κ3) is 3.55. The number of likely N-dealkylation sites (tertiary alicyclic amines) is 1. The number of hydrogen-bond acceptors (Lipinski definition) is 3. The largest absolute Gasteiger partial charge is 0.353 e. The first-order chi connectivity index (χ1) is 14.0. The van der Waals surface area contributed by atoms with Crippen LogP contribution in [0.3, 0.4) is 0 Å². The van der Waals surface area contributed by atoms with Crippen LogP contribution in [0.5, 0.6) is 0 Å². The summed E-state index contributed by atoms with van der Waals surface area (Å²) in [5.74, 6) is -2.62. The number of hydrazone groups is 1. The molecule has 1 spiro atoms. The van der Waals surface area contributed by atoms with Crippen LogP contribution in [0.2, 0.25) is 10.0 Å². The number of halogens is 4. The lowest BCUT2D eigenvalue weighted by Crippen LogP contribution is -2.71. The fraction of sp³-hybridized carbons (Fsp3) is 0.350. The van der Waals surface area contributed by atoms with Crippen LogP contribution < -0.4 is 4.83 Å². The van der Waals surface area contributed by atoms with Gasteiger partial charge in [0.05, 0.1) is 25.9 Å². The quantitative estimate of drug-likeness (QED) is 0.398. The van der Waals surface area contributed by atoms with E-state index in [1.54, 1.807) is 35.2 Å². The van der Waals surface area contributed by atoms with Gasteiger partial charge < -0.3 is 4.90 Å². The molecule has 0 aromatic heterocycles. The molecule has 10 heteroatoms. The highest BCUT2D eigenvalue weighted by Gasteiger charge is 2.67. The first-order valence-electron chi connectivity index (χ1n) is 9.28. The van der Waals surface area contributed by atoms with Crippen molar-refractivity contribution in [2.24, 2.45) is 10.5 Å². The minimum atomic E-state index is -3.97. The van der Waals surface area contributed by atoms with Crippen LogP contribution >= 0.6 is 23.2 Å². The maximum absolute atomic E-state index is 14.0. The molecule has 2 fully saturated rings. The number of hydrogen-bond donors (Lipinski definition) is 1. The van der Waals surface area contributed by atoms with Crippen molar-refractivity contribution in [3.05, 3.63) is 63.6 Å². The van der Waals surface area contributed by atoms with Crippen LogP contribution in [0, 0.1) is 12.3 Å². The van der Waals surface area contributed by atoms with Crippen LogP contribution in [0.25, 0.3) is 0 Å². The molecule has 2 aromatic rings. The van der Waals surface area contributed by atoms with Gasteiger partial charge in [-0.15, -0.1) is 5.10 Å². The second kappa shape index (κ2) is 7.35. The standard InChI is InChI=1S/C20H19Cl2F2N3O2S/c1-13-5-7-14(8-6-13)30(28,29)26-25-18(17-15(21)3-2-4-16(17)22)27-11-19(12-27)9-10-20(19,23)24/h2-8,26H,9-12H2,1H3/b25-18+. The van der Waals surface area contributed by atoms with E-state index in [4.69, 9.17) is 23.2 Å². The Morgan fingerprint density at radius 3 is 2.17 bits per heavy atom. The van der Waals surface area contributed by atoms with E-state index in [9.17, 15) is 17.2 Å². The van der Waals surface area contributed by atoms with Gasteiger partial charge >= 0.3 is 0 Å². The van der Waals surface area contributed by atoms with Crippen molar-refractivity contribution in [2.75, 3.05) is 13.1 Å². The Balaban J connectivity index is 1.67. The van der Waals surface area contributed by atoms with Crippen molar-refractivity contribution in [3.8, 4) is 0 Å². The maximum atomic E-state index is 14.0. The second-order valence-corrected chi connectivity index (χ2v) is 10.3. The minimum absolute atomic E-state index is 0.0343. The van der Waals surface area contributed by atoms with E-state index in [2.05, 4.69) is 9.93 Å². The molecule has 30 heavy (non-hydrogen) atoms. The molecular formula is C20H19Cl2F2N3O2S. The Morgan fingerprint density at radius 2 is 1.67 bits per heavy atom. The lowest BCUT2D eigenvalue weighted by molar-refractivity contribution is -0.245. The average molecular weight is 474 g/mol. The molecule has 2 aliphatic rings. The van der Waals surface area contributed by atoms with Crippen molar-refractivity contribution in [1.82, 2.24) is 9.73 Å². The fourth-order valence-corrected chi connectivity index (χ4v) is 5.13. The van der Waals surface area contributed by atoms with Gasteiger partial charge in [0.2, 0.25) is 0 Å². The summed E-state index contributed by atoms with van der Waals surface area (Å²) in [5.41, 5.74) is 0.107. The Morgan fingerprint density at radius 1 is 1.07 bits per heavy atom. The summed E-state index contributed by atoms with van der Waals surface area (Å²) in [6.45, 7) is 1.94. The molecule has 1 N–H and O–H groups in total. The van der Waals surface area contributed by atoms with Crippen LogP contribution in [-0.4, -0.2) is 38.2 Å². The molecule has 1 heterocycles. The number of nitrogens with one attached hydrogen (secondary N) is 1. The van der Waals surface area contributed by atoms with Gasteiger partial charge in [-0.3, -0.25) is 0 Å². The van der Waals surface area contributed by atoms with Crippen molar-refractivity contribution in [2.45, 2.75) is 30.6 Å². The molecule has 160 valence electrons. The number of sulfonamides is 1. The van der Waals surface area contributed by atoms with E-state index in [1.807, 2.05) is 6.92 Å². The molecule has 1 aliphatic carbocycles. The molecule has 0 unspecified atom stereocenters. The van der Waals surface area contributed by atoms with E-state index < -0.39 is 21.4 Å². The summed E-state index contributed by atoms with van der Waals surface area (Å²) in [6.07, 6.45) is 0.273. The summed E-state index contributed by atoms with van der Waals surface area (Å²) >= 11 is 12.6. The first-order valence-corrected chi connectivity index (χ1v) is 11.5. The summed E-state index contributed by atoms with van der Waals surface area (Å²) in [6, 6.07) is 11.1. The molecule has 1 saturated heterocycles. The number of rotatable bonds is 4. The smallest absolute Gasteiger partial charge is 0.276 e. The van der Waals surface area contributed by atoms with Gasteiger partial charge in [-0.2, -0.15) is 13.2 Å². The molecule has 1 aliphatic heterocycles. The summed E-state index contributed by atoms with van der Waals surface area (Å²) < 4.78 is 53.4. The van der Waals surface area contributed by atoms with Crippen LogP contribution in [-0.2, 0) is 10.0 Å². The lowest BCUT2D eigenvalue weighted by atomic mass is 9.60. The van der Waals surface area contributed by atoms with E-state index in [0.29, 0.717) is 12.0 Å². The number of nitrogens with zero attached hydrogens (tertiary/aromatic N) is 2. The lowest BCUT2D eigenvalue weighted by Gasteiger charge is -2.60. The zero-order valence-corrected chi connectivity index (χ0v) is 18.3. The zero-order valence-electron chi connectivity index (χ0n) is 16.0. The highest BCUT2D eigenvalue weighted by Crippen LogP contribution is 2.59. The highest BCUT2D eigenvalue weighted by molar-refractivity contribution is 7.89. The normalized spacial score (nSPS) is 19.9. The van der Waals surface area contributed by atoms with Gasteiger partial charge in [0, 0.05) is 19.5 Å². The zero-order chi connectivity index (χ0) is 21.7. The maximum Gasteiger partial charge on any atom is 0.276 e. The number of alkyl halides is 2. The minimum Gasteiger partial charge on any atom is -0.353 e. The third-order valence-corrected chi connectivity index (χ3v) is 7.62. The van der Waals surface area contributed by atoms with Crippen LogP contribution in [0.1, 0.15) is 24.0 Å².